The van der Waals surface area contributed by atoms with Gasteiger partial charge in [0.05, 0.1) is 30.9 Å². The molecule has 2 bridgehead atoms. The molecule has 1 aromatic rings. The molecule has 6 aliphatic rings. The number of ether oxygens (including phenoxy) is 1. The van der Waals surface area contributed by atoms with Crippen molar-refractivity contribution in [3.8, 4) is 0 Å². The fourth-order valence-corrected chi connectivity index (χ4v) is 8.13. The third kappa shape index (κ3) is 4.74. The molecule has 1 aromatic carbocycles. The van der Waals surface area contributed by atoms with Crippen molar-refractivity contribution in [1.82, 2.24) is 35.8 Å². The molecule has 4 saturated heterocycles. The Kier molecular flexibility index (Phi) is 6.91. The highest BCUT2D eigenvalue weighted by Crippen LogP contribution is 2.37. The van der Waals surface area contributed by atoms with Crippen molar-refractivity contribution < 1.29 is 14.3 Å². The van der Waals surface area contributed by atoms with Gasteiger partial charge in [-0.1, -0.05) is 32.1 Å². The van der Waals surface area contributed by atoms with E-state index in [-0.39, 0.29) is 54.0 Å². The van der Waals surface area contributed by atoms with Crippen LogP contribution in [0.1, 0.15) is 58.1 Å². The molecule has 6 atom stereocenters. The number of hydrogen-bond acceptors (Lipinski definition) is 9. The zero-order valence-corrected chi connectivity index (χ0v) is 25.5. The number of anilines is 1. The minimum atomic E-state index is -0.836. The van der Waals surface area contributed by atoms with Gasteiger partial charge in [-0.25, -0.2) is 0 Å². The standard InChI is InChI=1S/C31H46N8O3/c1-30(2)18-36(5)17-19-9-10-20(15-22(19)30)33-29-32-16-21-25(35-29)39-24-12-11-23-26(34-24)37(28(41)31(3,4)42-23)13-7-6-8-14-38(39)27(21)40/h6,8-10,15,21,23-26,29,32-35H,7,11-14,16-18H2,1-5H3/b8-6+. The highest BCUT2D eigenvalue weighted by molar-refractivity contribution is 5.85. The number of benzene rings is 1. The van der Waals surface area contributed by atoms with Gasteiger partial charge in [-0.3, -0.25) is 30.5 Å². The Morgan fingerprint density at radius 3 is 2.71 bits per heavy atom. The number of hydrogen-bond donors (Lipinski definition) is 4. The number of rotatable bonds is 2. The molecule has 0 radical (unpaired) electrons. The molecule has 228 valence electrons. The summed E-state index contributed by atoms with van der Waals surface area (Å²) in [4.78, 5) is 31.5. The maximum absolute atomic E-state index is 13.8. The van der Waals surface area contributed by atoms with Crippen LogP contribution in [0.25, 0.3) is 0 Å². The van der Waals surface area contributed by atoms with Crippen molar-refractivity contribution in [1.29, 1.82) is 0 Å². The maximum atomic E-state index is 13.8. The number of hydrazine groups is 1. The van der Waals surface area contributed by atoms with Gasteiger partial charge >= 0.3 is 0 Å². The molecular weight excluding hydrogens is 532 g/mol. The molecule has 0 spiro atoms. The number of amides is 2. The number of nitrogens with zero attached hydrogens (tertiary/aromatic N) is 4. The number of nitrogens with one attached hydrogen (secondary N) is 4. The van der Waals surface area contributed by atoms with Crippen LogP contribution in [-0.4, -0.2) is 101 Å². The SMILES string of the molecule is CN1Cc2ccc(NC3NCC4C(=O)N5C/C=C/CCN6C(=O)C(C)(C)OC7CCC(NC76)N5C4N3)cc2C(C)(C)C1. The first kappa shape index (κ1) is 28.2. The largest absolute Gasteiger partial charge is 0.359 e. The smallest absolute Gasteiger partial charge is 0.255 e. The van der Waals surface area contributed by atoms with Crippen molar-refractivity contribution in [2.75, 3.05) is 38.5 Å². The molecule has 42 heavy (non-hydrogen) atoms. The molecule has 6 heterocycles. The van der Waals surface area contributed by atoms with Crippen LogP contribution in [0, 0.1) is 5.92 Å². The number of carbonyl (C=O) groups excluding carboxylic acids is 2. The van der Waals surface area contributed by atoms with Gasteiger partial charge in [0.15, 0.2) is 0 Å². The molecule has 0 saturated carbocycles. The van der Waals surface area contributed by atoms with E-state index in [1.54, 1.807) is 0 Å². The maximum Gasteiger partial charge on any atom is 0.255 e. The molecule has 11 heteroatoms. The lowest BCUT2D eigenvalue weighted by Gasteiger charge is -2.53. The average Bonchev–Trinajstić information content (AvgIpc) is 3.19. The quantitative estimate of drug-likeness (QED) is 0.387. The molecule has 6 aliphatic heterocycles. The number of piperidine rings is 1. The third-order valence-corrected chi connectivity index (χ3v) is 9.95. The van der Waals surface area contributed by atoms with E-state index < -0.39 is 5.60 Å². The van der Waals surface area contributed by atoms with Crippen molar-refractivity contribution in [3.05, 3.63) is 41.5 Å². The first-order chi connectivity index (χ1) is 20.0. The van der Waals surface area contributed by atoms with Crippen LogP contribution < -0.4 is 21.3 Å². The Morgan fingerprint density at radius 1 is 1.05 bits per heavy atom. The Morgan fingerprint density at radius 2 is 1.88 bits per heavy atom. The second-order valence-electron chi connectivity index (χ2n) is 14.1. The monoisotopic (exact) mass is 578 g/mol. The summed E-state index contributed by atoms with van der Waals surface area (Å²) in [6.07, 6.45) is 5.75. The van der Waals surface area contributed by atoms with Crippen molar-refractivity contribution in [2.24, 2.45) is 5.92 Å². The van der Waals surface area contributed by atoms with E-state index in [0.29, 0.717) is 19.6 Å². The van der Waals surface area contributed by atoms with Gasteiger partial charge in [-0.2, -0.15) is 5.01 Å². The van der Waals surface area contributed by atoms with Gasteiger partial charge < -0.3 is 19.9 Å². The Hall–Kier alpha value is -2.54. The van der Waals surface area contributed by atoms with E-state index in [0.717, 1.165) is 38.0 Å². The van der Waals surface area contributed by atoms with Crippen LogP contribution in [0.2, 0.25) is 0 Å². The summed E-state index contributed by atoms with van der Waals surface area (Å²) in [5, 5.41) is 18.8. The molecular formula is C31H46N8O3. The van der Waals surface area contributed by atoms with Crippen LogP contribution in [-0.2, 0) is 26.3 Å². The fourth-order valence-electron chi connectivity index (χ4n) is 8.13. The zero-order chi connectivity index (χ0) is 29.4. The predicted molar refractivity (Wildman–Crippen MR) is 160 cm³/mol. The van der Waals surface area contributed by atoms with Crippen molar-refractivity contribution in [2.45, 2.75) is 95.4 Å². The van der Waals surface area contributed by atoms with Gasteiger partial charge in [-0.15, -0.1) is 0 Å². The van der Waals surface area contributed by atoms with Gasteiger partial charge in [-0.05, 0) is 63.4 Å². The Balaban J connectivity index is 1.13. The first-order valence-corrected chi connectivity index (χ1v) is 15.6. The van der Waals surface area contributed by atoms with E-state index in [1.807, 2.05) is 23.8 Å². The zero-order valence-electron chi connectivity index (χ0n) is 25.5. The van der Waals surface area contributed by atoms with E-state index in [4.69, 9.17) is 4.74 Å². The van der Waals surface area contributed by atoms with Crippen LogP contribution in [0.15, 0.2) is 30.4 Å². The Bertz CT molecular complexity index is 1280. The van der Waals surface area contributed by atoms with Crippen molar-refractivity contribution >= 4 is 17.5 Å². The summed E-state index contributed by atoms with van der Waals surface area (Å²) in [6, 6.07) is 6.69. The predicted octanol–water partition coefficient (Wildman–Crippen LogP) is 1.30. The molecule has 0 aromatic heterocycles. The number of carbonyl (C=O) groups is 2. The van der Waals surface area contributed by atoms with Crippen LogP contribution >= 0.6 is 0 Å². The number of likely N-dealkylation sites (N-methyl/N-ethyl adjacent to an activating group) is 1. The topological polar surface area (TPSA) is 104 Å². The van der Waals surface area contributed by atoms with Gasteiger partial charge in [0, 0.05) is 37.3 Å². The highest BCUT2D eigenvalue weighted by Gasteiger charge is 2.55. The van der Waals surface area contributed by atoms with Crippen LogP contribution in [0.4, 0.5) is 5.69 Å². The number of fused-ring (bicyclic) bond motifs is 6. The summed E-state index contributed by atoms with van der Waals surface area (Å²) in [5.41, 5.74) is 3.06. The second-order valence-corrected chi connectivity index (χ2v) is 14.1. The molecule has 2 amide bonds. The van der Waals surface area contributed by atoms with E-state index in [2.05, 4.69) is 82.4 Å². The molecule has 11 nitrogen and oxygen atoms in total. The van der Waals surface area contributed by atoms with Crippen LogP contribution in [0.3, 0.4) is 0 Å². The van der Waals surface area contributed by atoms with E-state index in [9.17, 15) is 9.59 Å². The lowest BCUT2D eigenvalue weighted by Crippen LogP contribution is -2.74. The van der Waals surface area contributed by atoms with Crippen LogP contribution in [0.5, 0.6) is 0 Å². The van der Waals surface area contributed by atoms with Crippen molar-refractivity contribution in [3.63, 3.8) is 0 Å². The van der Waals surface area contributed by atoms with Gasteiger partial charge in [0.25, 0.3) is 5.91 Å². The highest BCUT2D eigenvalue weighted by atomic mass is 16.5. The molecule has 4 fully saturated rings. The van der Waals surface area contributed by atoms with E-state index in [1.165, 1.54) is 11.1 Å². The summed E-state index contributed by atoms with van der Waals surface area (Å²) in [5.74, 6) is -0.0722. The number of morpholine rings is 1. The molecule has 4 N–H and O–H groups in total. The lowest BCUT2D eigenvalue weighted by molar-refractivity contribution is -0.209. The third-order valence-electron chi connectivity index (χ3n) is 9.95. The normalized spacial score (nSPS) is 36.9. The first-order valence-electron chi connectivity index (χ1n) is 15.6. The minimum absolute atomic E-state index is 0.0147. The summed E-state index contributed by atoms with van der Waals surface area (Å²) in [6.45, 7) is 12.1. The minimum Gasteiger partial charge on any atom is -0.359 e. The van der Waals surface area contributed by atoms with Gasteiger partial charge in [0.2, 0.25) is 5.91 Å². The molecule has 6 unspecified atom stereocenters. The second kappa shape index (κ2) is 10.3. The fraction of sp³-hybridized carbons (Fsp3) is 0.677. The van der Waals surface area contributed by atoms with E-state index >= 15 is 0 Å². The summed E-state index contributed by atoms with van der Waals surface area (Å²) >= 11 is 0. The molecule has 0 aliphatic carbocycles. The Labute approximate surface area is 248 Å². The summed E-state index contributed by atoms with van der Waals surface area (Å²) in [7, 11) is 2.18. The average molecular weight is 579 g/mol. The van der Waals surface area contributed by atoms with Gasteiger partial charge in [0.1, 0.15) is 18.1 Å². The molecule has 7 rings (SSSR count). The summed E-state index contributed by atoms with van der Waals surface area (Å²) < 4.78 is 6.32. The lowest BCUT2D eigenvalue weighted by atomic mass is 9.78.